The minimum Gasteiger partial charge on any atom is -0.139 e. The standard InChI is InChI=1S/C9H12Si3/c1-4-10-7-11(5-2)9-12(6-3)8-10/h1-3,10-12H,7-9H2. The van der Waals surface area contributed by atoms with E-state index >= 15 is 0 Å². The van der Waals surface area contributed by atoms with Gasteiger partial charge in [-0.05, 0) is 17.0 Å². The molecule has 1 fully saturated rings. The van der Waals surface area contributed by atoms with Crippen LogP contribution >= 0.6 is 0 Å². The average Bonchev–Trinajstić information content (AvgIpc) is 2.16. The Morgan fingerprint density at radius 2 is 0.917 bits per heavy atom. The second kappa shape index (κ2) is 4.38. The smallest absolute Gasteiger partial charge is 0.118 e. The molecule has 0 unspecified atom stereocenters. The third kappa shape index (κ3) is 2.16. The molecule has 0 spiro atoms. The van der Waals surface area contributed by atoms with Crippen molar-refractivity contribution in [2.24, 2.45) is 0 Å². The molecule has 1 aliphatic rings. The number of terminal acetylenes is 3. The first-order chi connectivity index (χ1) is 5.80. The van der Waals surface area contributed by atoms with Crippen molar-refractivity contribution in [3.63, 3.8) is 0 Å². The van der Waals surface area contributed by atoms with Gasteiger partial charge in [0, 0.05) is 0 Å². The van der Waals surface area contributed by atoms with Crippen molar-refractivity contribution in [2.45, 2.75) is 17.0 Å². The summed E-state index contributed by atoms with van der Waals surface area (Å²) in [5.41, 5.74) is 12.6. The molecule has 0 aliphatic carbocycles. The first-order valence-corrected chi connectivity index (χ1v) is 10.8. The lowest BCUT2D eigenvalue weighted by molar-refractivity contribution is 1.61. The first-order valence-electron chi connectivity index (χ1n) is 4.18. The fraction of sp³-hybridized carbons (Fsp3) is 0.333. The molecule has 1 aliphatic heterocycles. The minimum absolute atomic E-state index is 0.890. The van der Waals surface area contributed by atoms with Gasteiger partial charge >= 0.3 is 0 Å². The van der Waals surface area contributed by atoms with Crippen LogP contribution in [0.2, 0.25) is 17.0 Å². The van der Waals surface area contributed by atoms with Gasteiger partial charge in [-0.15, -0.1) is 35.9 Å². The van der Waals surface area contributed by atoms with Gasteiger partial charge in [-0.1, -0.05) is 0 Å². The van der Waals surface area contributed by atoms with Gasteiger partial charge in [0.25, 0.3) is 0 Å². The van der Waals surface area contributed by atoms with Crippen LogP contribution in [0.5, 0.6) is 0 Å². The molecule has 0 aromatic heterocycles. The van der Waals surface area contributed by atoms with Crippen molar-refractivity contribution < 1.29 is 0 Å². The lowest BCUT2D eigenvalue weighted by Gasteiger charge is -2.23. The highest BCUT2D eigenvalue weighted by atomic mass is 28.4. The van der Waals surface area contributed by atoms with Crippen molar-refractivity contribution >= 4 is 26.4 Å². The lowest BCUT2D eigenvalue weighted by atomic mass is 11.4. The predicted molar refractivity (Wildman–Crippen MR) is 62.4 cm³/mol. The zero-order chi connectivity index (χ0) is 8.97. The molecule has 1 saturated heterocycles. The van der Waals surface area contributed by atoms with Crippen LogP contribution < -0.4 is 0 Å². The van der Waals surface area contributed by atoms with Gasteiger partial charge in [0.2, 0.25) is 0 Å². The second-order valence-electron chi connectivity index (χ2n) is 3.30. The summed E-state index contributed by atoms with van der Waals surface area (Å²) in [6, 6.07) is 0. The summed E-state index contributed by atoms with van der Waals surface area (Å²) in [5.74, 6) is 0. The van der Waals surface area contributed by atoms with Crippen molar-refractivity contribution in [3.05, 3.63) is 0 Å². The molecular formula is C9H12Si3. The largest absolute Gasteiger partial charge is 0.139 e. The molecule has 60 valence electrons. The van der Waals surface area contributed by atoms with E-state index in [9.17, 15) is 0 Å². The number of rotatable bonds is 0. The van der Waals surface area contributed by atoms with E-state index in [0.717, 1.165) is 0 Å². The molecule has 0 atom stereocenters. The summed E-state index contributed by atoms with van der Waals surface area (Å²) in [7, 11) is -2.67. The van der Waals surface area contributed by atoms with Crippen LogP contribution in [0.25, 0.3) is 0 Å². The maximum Gasteiger partial charge on any atom is 0.118 e. The quantitative estimate of drug-likeness (QED) is 0.379. The van der Waals surface area contributed by atoms with E-state index in [1.807, 2.05) is 0 Å². The Labute approximate surface area is 79.6 Å². The Balaban J connectivity index is 2.63. The summed E-state index contributed by atoms with van der Waals surface area (Å²) in [6.07, 6.45) is 16.4. The van der Waals surface area contributed by atoms with Crippen molar-refractivity contribution in [1.29, 1.82) is 0 Å². The fourth-order valence-corrected chi connectivity index (χ4v) is 20.7. The Bertz CT molecular complexity index is 222. The summed E-state index contributed by atoms with van der Waals surface area (Å²) in [5, 5.41) is 0. The summed E-state index contributed by atoms with van der Waals surface area (Å²) < 4.78 is 0. The van der Waals surface area contributed by atoms with Crippen LogP contribution in [0, 0.1) is 35.9 Å². The summed E-state index contributed by atoms with van der Waals surface area (Å²) in [6.45, 7) is 0. The van der Waals surface area contributed by atoms with E-state index in [0.29, 0.717) is 0 Å². The lowest BCUT2D eigenvalue weighted by Crippen LogP contribution is -2.37. The molecule has 1 heterocycles. The van der Waals surface area contributed by atoms with Gasteiger partial charge in [-0.25, -0.2) is 0 Å². The van der Waals surface area contributed by atoms with Crippen molar-refractivity contribution in [2.75, 3.05) is 0 Å². The van der Waals surface area contributed by atoms with Gasteiger partial charge in [0.15, 0.2) is 0 Å². The van der Waals surface area contributed by atoms with Gasteiger partial charge in [0.1, 0.15) is 26.4 Å². The molecule has 0 amide bonds. The maximum absolute atomic E-state index is 5.46. The highest BCUT2D eigenvalue weighted by molar-refractivity contribution is 7.02. The summed E-state index contributed by atoms with van der Waals surface area (Å²) >= 11 is 0. The van der Waals surface area contributed by atoms with E-state index in [1.54, 1.807) is 0 Å². The second-order valence-corrected chi connectivity index (χ2v) is 14.1. The highest BCUT2D eigenvalue weighted by Crippen LogP contribution is 2.17. The Kier molecular flexibility index (Phi) is 3.44. The van der Waals surface area contributed by atoms with Crippen LogP contribution in [0.3, 0.4) is 0 Å². The monoisotopic (exact) mass is 204 g/mol. The van der Waals surface area contributed by atoms with Crippen molar-refractivity contribution in [1.82, 2.24) is 0 Å². The van der Waals surface area contributed by atoms with E-state index in [1.165, 1.54) is 17.0 Å². The van der Waals surface area contributed by atoms with E-state index in [2.05, 4.69) is 16.6 Å². The molecule has 0 radical (unpaired) electrons. The molecule has 0 aromatic carbocycles. The normalized spacial score (nSPS) is 34.2. The SMILES string of the molecule is C#C[SiH]1C[SiH](C#C)C[SiH](C#C)C1. The van der Waals surface area contributed by atoms with Gasteiger partial charge in [0.05, 0.1) is 0 Å². The molecule has 0 bridgehead atoms. The van der Waals surface area contributed by atoms with Crippen LogP contribution in [-0.2, 0) is 0 Å². The van der Waals surface area contributed by atoms with E-state index < -0.39 is 26.4 Å². The maximum atomic E-state index is 5.46. The zero-order valence-corrected chi connectivity index (χ0v) is 10.5. The predicted octanol–water partition coefficient (Wildman–Crippen LogP) is -0.184. The molecule has 0 saturated carbocycles. The molecule has 3 heteroatoms. The minimum atomic E-state index is -0.890. The molecule has 0 aromatic rings. The number of hydrogen-bond donors (Lipinski definition) is 0. The molecular weight excluding hydrogens is 192 g/mol. The van der Waals surface area contributed by atoms with Crippen LogP contribution in [-0.4, -0.2) is 26.4 Å². The topological polar surface area (TPSA) is 0 Å². The zero-order valence-electron chi connectivity index (χ0n) is 7.09. The molecule has 0 N–H and O–H groups in total. The van der Waals surface area contributed by atoms with Crippen molar-refractivity contribution in [3.8, 4) is 35.9 Å². The Hall–Kier alpha value is -0.669. The molecule has 1 rings (SSSR count). The van der Waals surface area contributed by atoms with Gasteiger partial charge in [-0.2, -0.15) is 0 Å². The molecule has 12 heavy (non-hydrogen) atoms. The first kappa shape index (κ1) is 9.42. The fourth-order valence-electron chi connectivity index (χ4n) is 1.73. The molecule has 0 nitrogen and oxygen atoms in total. The average molecular weight is 204 g/mol. The van der Waals surface area contributed by atoms with E-state index in [4.69, 9.17) is 19.3 Å². The number of hydrogen-bond acceptors (Lipinski definition) is 0. The third-order valence-corrected chi connectivity index (χ3v) is 17.5. The third-order valence-electron chi connectivity index (χ3n) is 2.41. The van der Waals surface area contributed by atoms with E-state index in [-0.39, 0.29) is 0 Å². The van der Waals surface area contributed by atoms with Crippen LogP contribution in [0.15, 0.2) is 0 Å². The highest BCUT2D eigenvalue weighted by Gasteiger charge is 2.28. The van der Waals surface area contributed by atoms with Gasteiger partial charge < -0.3 is 0 Å². The Morgan fingerprint density at radius 1 is 0.667 bits per heavy atom. The Morgan fingerprint density at radius 3 is 1.08 bits per heavy atom. The van der Waals surface area contributed by atoms with Crippen LogP contribution in [0.1, 0.15) is 0 Å². The van der Waals surface area contributed by atoms with Gasteiger partial charge in [-0.3, -0.25) is 0 Å². The van der Waals surface area contributed by atoms with Crippen LogP contribution in [0.4, 0.5) is 0 Å². The summed E-state index contributed by atoms with van der Waals surface area (Å²) in [4.78, 5) is 0.